The molecular formula is C25H24FN9. The normalized spacial score (nSPS) is 11.8. The van der Waals surface area contributed by atoms with Crippen molar-refractivity contribution in [1.29, 1.82) is 0 Å². The number of nitrogens with zero attached hydrogens (tertiary/aromatic N) is 6. The summed E-state index contributed by atoms with van der Waals surface area (Å²) in [5.74, 6) is 0.885. The summed E-state index contributed by atoms with van der Waals surface area (Å²) < 4.78 is 13.7. The van der Waals surface area contributed by atoms with Crippen molar-refractivity contribution in [3.63, 3.8) is 0 Å². The third-order valence-electron chi connectivity index (χ3n) is 5.01. The standard InChI is InChI=1S/C25H24FN9/c1-16-14-21(4-5-22(16)26)29-25-30-23(34-32-17(2)19-6-10-27-11-7-19)15-24(31-25)35-33-18(3)20-8-12-28-13-9-20/h4-15H,1-3H3,(H3,29,30,31,34,35). The Labute approximate surface area is 202 Å². The molecule has 0 unspecified atom stereocenters. The largest absolute Gasteiger partial charge is 0.324 e. The van der Waals surface area contributed by atoms with E-state index < -0.39 is 0 Å². The van der Waals surface area contributed by atoms with Crippen LogP contribution < -0.4 is 16.2 Å². The fourth-order valence-electron chi connectivity index (χ4n) is 3.07. The van der Waals surface area contributed by atoms with Gasteiger partial charge in [0.25, 0.3) is 0 Å². The molecule has 176 valence electrons. The number of aryl methyl sites for hydroxylation is 1. The van der Waals surface area contributed by atoms with E-state index in [4.69, 9.17) is 0 Å². The molecule has 0 fully saturated rings. The molecule has 3 heterocycles. The summed E-state index contributed by atoms with van der Waals surface area (Å²) in [5.41, 5.74) is 10.5. The summed E-state index contributed by atoms with van der Waals surface area (Å²) in [4.78, 5) is 17.0. The molecule has 3 N–H and O–H groups in total. The van der Waals surface area contributed by atoms with Crippen molar-refractivity contribution in [2.45, 2.75) is 20.8 Å². The van der Waals surface area contributed by atoms with E-state index in [1.54, 1.807) is 49.9 Å². The van der Waals surface area contributed by atoms with Crippen molar-refractivity contribution in [2.24, 2.45) is 10.2 Å². The van der Waals surface area contributed by atoms with Gasteiger partial charge in [-0.15, -0.1) is 0 Å². The summed E-state index contributed by atoms with van der Waals surface area (Å²) in [6, 6.07) is 13.9. The summed E-state index contributed by atoms with van der Waals surface area (Å²) in [7, 11) is 0. The highest BCUT2D eigenvalue weighted by atomic mass is 19.1. The number of aromatic nitrogens is 4. The number of hydrogen-bond acceptors (Lipinski definition) is 9. The molecule has 10 heteroatoms. The molecular weight excluding hydrogens is 445 g/mol. The van der Waals surface area contributed by atoms with E-state index in [2.05, 4.69) is 46.3 Å². The van der Waals surface area contributed by atoms with Crippen LogP contribution in [0.3, 0.4) is 0 Å². The first kappa shape index (κ1) is 23.4. The van der Waals surface area contributed by atoms with E-state index in [0.717, 1.165) is 22.6 Å². The number of benzene rings is 1. The highest BCUT2D eigenvalue weighted by Crippen LogP contribution is 2.21. The monoisotopic (exact) mass is 469 g/mol. The molecule has 1 aromatic carbocycles. The SMILES string of the molecule is CC(=NNc1cc(NN=C(C)c2ccncc2)nc(Nc2ccc(F)c(C)c2)n1)c1ccncc1. The highest BCUT2D eigenvalue weighted by Gasteiger charge is 2.08. The zero-order valence-electron chi connectivity index (χ0n) is 19.5. The minimum atomic E-state index is -0.281. The third-order valence-corrected chi connectivity index (χ3v) is 5.01. The molecule has 0 saturated carbocycles. The summed E-state index contributed by atoms with van der Waals surface area (Å²) in [6.45, 7) is 5.45. The highest BCUT2D eigenvalue weighted by molar-refractivity contribution is 5.99. The maximum atomic E-state index is 13.7. The van der Waals surface area contributed by atoms with Crippen LogP contribution >= 0.6 is 0 Å². The van der Waals surface area contributed by atoms with Gasteiger partial charge in [-0.05, 0) is 68.8 Å². The van der Waals surface area contributed by atoms with Crippen LogP contribution in [0.1, 0.15) is 30.5 Å². The second kappa shape index (κ2) is 10.9. The fraction of sp³-hybridized carbons (Fsp3) is 0.120. The Morgan fingerprint density at radius 2 is 1.26 bits per heavy atom. The van der Waals surface area contributed by atoms with Gasteiger partial charge in [0.2, 0.25) is 5.95 Å². The molecule has 4 rings (SSSR count). The maximum absolute atomic E-state index is 13.7. The summed E-state index contributed by atoms with van der Waals surface area (Å²) in [6.07, 6.45) is 6.82. The van der Waals surface area contributed by atoms with Gasteiger partial charge >= 0.3 is 0 Å². The van der Waals surface area contributed by atoms with Crippen molar-refractivity contribution in [1.82, 2.24) is 19.9 Å². The average molecular weight is 470 g/mol. The minimum Gasteiger partial charge on any atom is -0.324 e. The van der Waals surface area contributed by atoms with Gasteiger partial charge in [0.15, 0.2) is 11.6 Å². The van der Waals surface area contributed by atoms with E-state index >= 15 is 0 Å². The van der Waals surface area contributed by atoms with E-state index in [9.17, 15) is 4.39 Å². The Hall–Kier alpha value is -4.73. The zero-order chi connectivity index (χ0) is 24.6. The first-order valence-corrected chi connectivity index (χ1v) is 10.8. The maximum Gasteiger partial charge on any atom is 0.231 e. The zero-order valence-corrected chi connectivity index (χ0v) is 19.5. The number of pyridine rings is 2. The molecule has 0 radical (unpaired) electrons. The summed E-state index contributed by atoms with van der Waals surface area (Å²) >= 11 is 0. The molecule has 0 atom stereocenters. The van der Waals surface area contributed by atoms with Crippen molar-refractivity contribution in [3.05, 3.63) is 95.8 Å². The molecule has 0 amide bonds. The lowest BCUT2D eigenvalue weighted by Crippen LogP contribution is -2.07. The van der Waals surface area contributed by atoms with E-state index in [1.165, 1.54) is 6.07 Å². The number of rotatable bonds is 8. The van der Waals surface area contributed by atoms with Gasteiger partial charge < -0.3 is 5.32 Å². The Morgan fingerprint density at radius 3 is 1.74 bits per heavy atom. The van der Waals surface area contributed by atoms with Gasteiger partial charge in [0, 0.05) is 47.7 Å². The predicted octanol–water partition coefficient (Wildman–Crippen LogP) is 5.13. The summed E-state index contributed by atoms with van der Waals surface area (Å²) in [5, 5.41) is 12.0. The van der Waals surface area contributed by atoms with Crippen LogP contribution in [0.15, 0.2) is 83.5 Å². The van der Waals surface area contributed by atoms with Gasteiger partial charge in [-0.2, -0.15) is 20.2 Å². The fourth-order valence-corrected chi connectivity index (χ4v) is 3.07. The van der Waals surface area contributed by atoms with Gasteiger partial charge in [0.05, 0.1) is 11.4 Å². The quantitative estimate of drug-likeness (QED) is 0.242. The van der Waals surface area contributed by atoms with E-state index in [1.807, 2.05) is 38.1 Å². The lowest BCUT2D eigenvalue weighted by atomic mass is 10.2. The van der Waals surface area contributed by atoms with Gasteiger partial charge in [-0.3, -0.25) is 20.8 Å². The van der Waals surface area contributed by atoms with Gasteiger partial charge in [0.1, 0.15) is 5.82 Å². The Bertz CT molecular complexity index is 1280. The Kier molecular flexibility index (Phi) is 7.31. The number of hydrazone groups is 2. The predicted molar refractivity (Wildman–Crippen MR) is 137 cm³/mol. The Morgan fingerprint density at radius 1 is 0.743 bits per heavy atom. The van der Waals surface area contributed by atoms with Crippen molar-refractivity contribution >= 4 is 34.7 Å². The molecule has 0 spiro atoms. The third kappa shape index (κ3) is 6.41. The molecule has 4 aromatic rings. The number of nitrogens with one attached hydrogen (secondary N) is 3. The number of anilines is 4. The second-order valence-electron chi connectivity index (χ2n) is 7.64. The van der Waals surface area contributed by atoms with E-state index in [-0.39, 0.29) is 11.8 Å². The van der Waals surface area contributed by atoms with E-state index in [0.29, 0.717) is 22.9 Å². The first-order chi connectivity index (χ1) is 17.0. The lowest BCUT2D eigenvalue weighted by Gasteiger charge is -2.11. The molecule has 35 heavy (non-hydrogen) atoms. The molecule has 0 aliphatic rings. The molecule has 3 aromatic heterocycles. The average Bonchev–Trinajstić information content (AvgIpc) is 2.89. The lowest BCUT2D eigenvalue weighted by molar-refractivity contribution is 0.619. The smallest absolute Gasteiger partial charge is 0.231 e. The Balaban J connectivity index is 1.61. The van der Waals surface area contributed by atoms with Crippen LogP contribution in [0.25, 0.3) is 0 Å². The molecule has 0 aliphatic carbocycles. The van der Waals surface area contributed by atoms with Crippen LogP contribution in [0.2, 0.25) is 0 Å². The van der Waals surface area contributed by atoms with Crippen molar-refractivity contribution in [2.75, 3.05) is 16.2 Å². The first-order valence-electron chi connectivity index (χ1n) is 10.8. The van der Waals surface area contributed by atoms with Crippen LogP contribution in [-0.4, -0.2) is 31.4 Å². The number of hydrogen-bond donors (Lipinski definition) is 3. The molecule has 0 bridgehead atoms. The van der Waals surface area contributed by atoms with Crippen LogP contribution in [0.4, 0.5) is 27.7 Å². The van der Waals surface area contributed by atoms with Gasteiger partial charge in [-0.1, -0.05) is 0 Å². The van der Waals surface area contributed by atoms with Crippen LogP contribution in [-0.2, 0) is 0 Å². The van der Waals surface area contributed by atoms with Crippen LogP contribution in [0.5, 0.6) is 0 Å². The molecule has 0 aliphatic heterocycles. The second-order valence-corrected chi connectivity index (χ2v) is 7.64. The van der Waals surface area contributed by atoms with Gasteiger partial charge in [-0.25, -0.2) is 4.39 Å². The molecule has 9 nitrogen and oxygen atoms in total. The van der Waals surface area contributed by atoms with Crippen molar-refractivity contribution < 1.29 is 4.39 Å². The number of halogens is 1. The van der Waals surface area contributed by atoms with Crippen LogP contribution in [0, 0.1) is 12.7 Å². The molecule has 0 saturated heterocycles. The topological polar surface area (TPSA) is 112 Å². The minimum absolute atomic E-state index is 0.281. The van der Waals surface area contributed by atoms with Crippen molar-refractivity contribution in [3.8, 4) is 0 Å².